The average molecular weight is 264 g/mol. The van der Waals surface area contributed by atoms with E-state index >= 15 is 0 Å². The number of pyridine rings is 1. The molecule has 2 rings (SSSR count). The summed E-state index contributed by atoms with van der Waals surface area (Å²) in [5.74, 6) is -1.92. The van der Waals surface area contributed by atoms with Crippen LogP contribution in [-0.2, 0) is 0 Å². The topological polar surface area (TPSA) is 34.2 Å². The highest BCUT2D eigenvalue weighted by Crippen LogP contribution is 2.25. The third-order valence-electron chi connectivity index (χ3n) is 2.82. The van der Waals surface area contributed by atoms with Crippen molar-refractivity contribution in [2.45, 2.75) is 13.0 Å². The number of halogens is 2. The van der Waals surface area contributed by atoms with Crippen molar-refractivity contribution < 1.29 is 13.5 Å². The van der Waals surface area contributed by atoms with Crippen LogP contribution >= 0.6 is 0 Å². The van der Waals surface area contributed by atoms with Crippen molar-refractivity contribution in [3.63, 3.8) is 0 Å². The van der Waals surface area contributed by atoms with Gasteiger partial charge in [-0.15, -0.1) is 0 Å². The Labute approximate surface area is 110 Å². The molecule has 1 atom stereocenters. The maximum Gasteiger partial charge on any atom is 0.219 e. The van der Waals surface area contributed by atoms with Crippen LogP contribution in [0.2, 0.25) is 0 Å². The molecule has 0 fully saturated rings. The zero-order valence-corrected chi connectivity index (χ0v) is 10.7. The van der Waals surface area contributed by atoms with Gasteiger partial charge in [-0.05, 0) is 37.7 Å². The van der Waals surface area contributed by atoms with Gasteiger partial charge in [-0.25, -0.2) is 9.37 Å². The second kappa shape index (κ2) is 5.75. The average Bonchev–Trinajstić information content (AvgIpc) is 2.43. The second-order valence-corrected chi connectivity index (χ2v) is 4.09. The smallest absolute Gasteiger partial charge is 0.219 e. The predicted octanol–water partition coefficient (Wildman–Crippen LogP) is 3.43. The van der Waals surface area contributed by atoms with Gasteiger partial charge in [-0.3, -0.25) is 0 Å². The minimum Gasteiger partial charge on any atom is -0.436 e. The van der Waals surface area contributed by atoms with Gasteiger partial charge in [-0.2, -0.15) is 4.39 Å². The van der Waals surface area contributed by atoms with Crippen LogP contribution in [0.3, 0.4) is 0 Å². The van der Waals surface area contributed by atoms with Crippen LogP contribution in [0.5, 0.6) is 11.6 Å². The molecule has 1 aromatic heterocycles. The Balaban J connectivity index is 2.26. The molecular weight excluding hydrogens is 250 g/mol. The van der Waals surface area contributed by atoms with E-state index in [1.165, 1.54) is 12.1 Å². The summed E-state index contributed by atoms with van der Waals surface area (Å²) < 4.78 is 31.8. The fourth-order valence-electron chi connectivity index (χ4n) is 1.59. The molecule has 0 radical (unpaired) electrons. The number of nitrogens with one attached hydrogen (secondary N) is 1. The quantitative estimate of drug-likeness (QED) is 0.918. The summed E-state index contributed by atoms with van der Waals surface area (Å²) in [6.45, 7) is 1.97. The lowest BCUT2D eigenvalue weighted by atomic mass is 10.1. The Hall–Kier alpha value is -2.01. The molecule has 1 heterocycles. The van der Waals surface area contributed by atoms with Crippen molar-refractivity contribution in [2.24, 2.45) is 0 Å². The van der Waals surface area contributed by atoms with Gasteiger partial charge in [0.15, 0.2) is 11.6 Å². The third kappa shape index (κ3) is 3.06. The van der Waals surface area contributed by atoms with Crippen molar-refractivity contribution in [1.29, 1.82) is 0 Å². The van der Waals surface area contributed by atoms with Gasteiger partial charge >= 0.3 is 0 Å². The SMILES string of the molecule is CNC(C)c1ccnc(Oc2cccc(F)c2F)c1. The van der Waals surface area contributed by atoms with Crippen molar-refractivity contribution in [1.82, 2.24) is 10.3 Å². The van der Waals surface area contributed by atoms with Crippen LogP contribution in [0.1, 0.15) is 18.5 Å². The van der Waals surface area contributed by atoms with E-state index in [2.05, 4.69) is 10.3 Å². The van der Waals surface area contributed by atoms with Gasteiger partial charge < -0.3 is 10.1 Å². The molecule has 0 bridgehead atoms. The van der Waals surface area contributed by atoms with E-state index in [9.17, 15) is 8.78 Å². The number of nitrogens with zero attached hydrogens (tertiary/aromatic N) is 1. The molecule has 19 heavy (non-hydrogen) atoms. The van der Waals surface area contributed by atoms with Crippen molar-refractivity contribution >= 4 is 0 Å². The molecule has 1 N–H and O–H groups in total. The summed E-state index contributed by atoms with van der Waals surface area (Å²) >= 11 is 0. The molecule has 3 nitrogen and oxygen atoms in total. The minimum atomic E-state index is -1.02. The maximum absolute atomic E-state index is 13.5. The monoisotopic (exact) mass is 264 g/mol. The molecule has 0 saturated heterocycles. The molecule has 1 unspecified atom stereocenters. The maximum atomic E-state index is 13.5. The Morgan fingerprint density at radius 3 is 2.79 bits per heavy atom. The molecule has 1 aromatic carbocycles. The number of rotatable bonds is 4. The lowest BCUT2D eigenvalue weighted by Gasteiger charge is -2.12. The minimum absolute atomic E-state index is 0.114. The highest BCUT2D eigenvalue weighted by Gasteiger charge is 2.11. The van der Waals surface area contributed by atoms with E-state index in [1.807, 2.05) is 20.0 Å². The fraction of sp³-hybridized carbons (Fsp3) is 0.214. The van der Waals surface area contributed by atoms with E-state index in [0.717, 1.165) is 11.6 Å². The molecule has 0 amide bonds. The summed E-state index contributed by atoms with van der Waals surface area (Å²) in [4.78, 5) is 3.98. The summed E-state index contributed by atoms with van der Waals surface area (Å²) in [5, 5.41) is 3.08. The Kier molecular flexibility index (Phi) is 4.06. The van der Waals surface area contributed by atoms with Gasteiger partial charge in [0, 0.05) is 18.3 Å². The first kappa shape index (κ1) is 13.4. The van der Waals surface area contributed by atoms with Crippen LogP contribution in [0.25, 0.3) is 0 Å². The lowest BCUT2D eigenvalue weighted by molar-refractivity contribution is 0.404. The van der Waals surface area contributed by atoms with E-state index in [-0.39, 0.29) is 17.7 Å². The van der Waals surface area contributed by atoms with Crippen LogP contribution in [0.4, 0.5) is 8.78 Å². The zero-order valence-electron chi connectivity index (χ0n) is 10.7. The zero-order chi connectivity index (χ0) is 13.8. The van der Waals surface area contributed by atoms with E-state index < -0.39 is 11.6 Å². The summed E-state index contributed by atoms with van der Waals surface area (Å²) in [7, 11) is 1.83. The van der Waals surface area contributed by atoms with Gasteiger partial charge in [0.1, 0.15) is 0 Å². The van der Waals surface area contributed by atoms with Crippen molar-refractivity contribution in [3.8, 4) is 11.6 Å². The van der Waals surface area contributed by atoms with E-state index in [0.29, 0.717) is 0 Å². The lowest BCUT2D eigenvalue weighted by Crippen LogP contribution is -2.12. The van der Waals surface area contributed by atoms with Crippen LogP contribution in [0, 0.1) is 11.6 Å². The number of hydrogen-bond acceptors (Lipinski definition) is 3. The molecule has 0 aliphatic heterocycles. The molecular formula is C14H14F2N2O. The highest BCUT2D eigenvalue weighted by atomic mass is 19.2. The van der Waals surface area contributed by atoms with E-state index in [1.54, 1.807) is 12.3 Å². The number of benzene rings is 1. The Morgan fingerprint density at radius 1 is 1.26 bits per heavy atom. The molecule has 100 valence electrons. The highest BCUT2D eigenvalue weighted by molar-refractivity contribution is 5.31. The van der Waals surface area contributed by atoms with Crippen LogP contribution < -0.4 is 10.1 Å². The first-order valence-corrected chi connectivity index (χ1v) is 5.87. The molecule has 0 saturated carbocycles. The standard InChI is InChI=1S/C14H14F2N2O/c1-9(17-2)10-6-7-18-13(8-10)19-12-5-3-4-11(15)14(12)16/h3-9,17H,1-2H3. The fourth-order valence-corrected chi connectivity index (χ4v) is 1.59. The molecule has 2 aromatic rings. The second-order valence-electron chi connectivity index (χ2n) is 4.09. The molecule has 5 heteroatoms. The largest absolute Gasteiger partial charge is 0.436 e. The summed E-state index contributed by atoms with van der Waals surface area (Å²) in [6, 6.07) is 7.40. The van der Waals surface area contributed by atoms with Crippen molar-refractivity contribution in [2.75, 3.05) is 7.05 Å². The molecule has 0 aliphatic carbocycles. The van der Waals surface area contributed by atoms with Gasteiger partial charge in [0.2, 0.25) is 11.7 Å². The Morgan fingerprint density at radius 2 is 2.05 bits per heavy atom. The van der Waals surface area contributed by atoms with E-state index in [4.69, 9.17) is 4.74 Å². The van der Waals surface area contributed by atoms with Crippen molar-refractivity contribution in [3.05, 3.63) is 53.7 Å². The third-order valence-corrected chi connectivity index (χ3v) is 2.82. The molecule has 0 spiro atoms. The number of hydrogen-bond donors (Lipinski definition) is 1. The van der Waals surface area contributed by atoms with Crippen LogP contribution in [0.15, 0.2) is 36.5 Å². The normalized spacial score (nSPS) is 12.2. The van der Waals surface area contributed by atoms with Gasteiger partial charge in [-0.1, -0.05) is 6.07 Å². The first-order valence-electron chi connectivity index (χ1n) is 5.87. The van der Waals surface area contributed by atoms with Gasteiger partial charge in [0.05, 0.1) is 0 Å². The van der Waals surface area contributed by atoms with Crippen LogP contribution in [-0.4, -0.2) is 12.0 Å². The Bertz CT molecular complexity index is 575. The first-order chi connectivity index (χ1) is 9.11. The number of aromatic nitrogens is 1. The van der Waals surface area contributed by atoms with Gasteiger partial charge in [0.25, 0.3) is 0 Å². The summed E-state index contributed by atoms with van der Waals surface area (Å²) in [5.41, 5.74) is 0.948. The summed E-state index contributed by atoms with van der Waals surface area (Å²) in [6.07, 6.45) is 1.57. The number of ether oxygens (including phenoxy) is 1. The molecule has 0 aliphatic rings. The predicted molar refractivity (Wildman–Crippen MR) is 68.1 cm³/mol.